The molecule has 0 saturated heterocycles. The predicted octanol–water partition coefficient (Wildman–Crippen LogP) is 4.63. The molecule has 1 unspecified atom stereocenters. The van der Waals surface area contributed by atoms with Gasteiger partial charge in [-0.15, -0.1) is 0 Å². The molecule has 0 bridgehead atoms. The van der Waals surface area contributed by atoms with Gasteiger partial charge in [-0.05, 0) is 67.2 Å². The number of hydrogen-bond acceptors (Lipinski definition) is 2. The fraction of sp³-hybridized carbons (Fsp3) is 0.684. The zero-order chi connectivity index (χ0) is 14.7. The lowest BCUT2D eigenvalue weighted by atomic mass is 9.82. The van der Waals surface area contributed by atoms with Crippen molar-refractivity contribution in [2.75, 3.05) is 13.7 Å². The summed E-state index contributed by atoms with van der Waals surface area (Å²) in [5.41, 5.74) is 3.55. The van der Waals surface area contributed by atoms with Gasteiger partial charge in [0.15, 0.2) is 0 Å². The Morgan fingerprint density at radius 1 is 1.24 bits per heavy atom. The van der Waals surface area contributed by atoms with Crippen molar-refractivity contribution < 1.29 is 4.74 Å². The highest BCUT2D eigenvalue weighted by molar-refractivity contribution is 5.39. The summed E-state index contributed by atoms with van der Waals surface area (Å²) in [6.45, 7) is 3.55. The second-order valence-electron chi connectivity index (χ2n) is 6.95. The molecule has 0 spiro atoms. The van der Waals surface area contributed by atoms with Crippen LogP contribution in [0.1, 0.15) is 69.0 Å². The van der Waals surface area contributed by atoms with E-state index in [1.807, 2.05) is 0 Å². The molecular weight excluding hydrogens is 258 g/mol. The van der Waals surface area contributed by atoms with Crippen LogP contribution in [-0.2, 0) is 6.42 Å². The highest BCUT2D eigenvalue weighted by Crippen LogP contribution is 2.41. The standard InChI is InChI=1S/C19H29NO/c1-3-19(11-4-5-12-19)14-20-18-8-6-7-15-9-10-16(21-2)13-17(15)18/h9-10,13,18,20H,3-8,11-12,14H2,1-2H3. The third-order valence-electron chi connectivity index (χ3n) is 5.81. The van der Waals surface area contributed by atoms with E-state index in [0.717, 1.165) is 5.75 Å². The van der Waals surface area contributed by atoms with Gasteiger partial charge in [0, 0.05) is 12.6 Å². The molecule has 1 N–H and O–H groups in total. The lowest BCUT2D eigenvalue weighted by Gasteiger charge is -2.33. The highest BCUT2D eigenvalue weighted by atomic mass is 16.5. The van der Waals surface area contributed by atoms with Gasteiger partial charge in [0.25, 0.3) is 0 Å². The first-order valence-corrected chi connectivity index (χ1v) is 8.66. The van der Waals surface area contributed by atoms with Gasteiger partial charge in [-0.3, -0.25) is 0 Å². The number of hydrogen-bond donors (Lipinski definition) is 1. The van der Waals surface area contributed by atoms with Gasteiger partial charge in [0.1, 0.15) is 5.75 Å². The first-order valence-electron chi connectivity index (χ1n) is 8.66. The Bertz CT molecular complexity index is 476. The molecule has 1 atom stereocenters. The van der Waals surface area contributed by atoms with Gasteiger partial charge in [-0.1, -0.05) is 25.8 Å². The van der Waals surface area contributed by atoms with Crippen molar-refractivity contribution in [2.45, 2.75) is 64.3 Å². The molecule has 0 radical (unpaired) electrons. The molecule has 2 heteroatoms. The lowest BCUT2D eigenvalue weighted by Crippen LogP contribution is -2.35. The molecule has 0 aromatic heterocycles. The molecule has 0 aliphatic heterocycles. The molecule has 2 aliphatic carbocycles. The molecule has 116 valence electrons. The molecule has 21 heavy (non-hydrogen) atoms. The van der Waals surface area contributed by atoms with Crippen LogP contribution in [0.15, 0.2) is 18.2 Å². The molecular formula is C19H29NO. The summed E-state index contributed by atoms with van der Waals surface area (Å²) in [6, 6.07) is 7.13. The van der Waals surface area contributed by atoms with Crippen molar-refractivity contribution in [3.05, 3.63) is 29.3 Å². The normalized spacial score (nSPS) is 23.8. The van der Waals surface area contributed by atoms with Gasteiger partial charge in [-0.2, -0.15) is 0 Å². The Labute approximate surface area is 129 Å². The second-order valence-corrected chi connectivity index (χ2v) is 6.95. The number of benzene rings is 1. The summed E-state index contributed by atoms with van der Waals surface area (Å²) >= 11 is 0. The van der Waals surface area contributed by atoms with Crippen LogP contribution < -0.4 is 10.1 Å². The number of ether oxygens (including phenoxy) is 1. The molecule has 1 aromatic rings. The van der Waals surface area contributed by atoms with Crippen LogP contribution in [0.2, 0.25) is 0 Å². The Morgan fingerprint density at radius 2 is 2.05 bits per heavy atom. The smallest absolute Gasteiger partial charge is 0.119 e. The zero-order valence-corrected chi connectivity index (χ0v) is 13.6. The van der Waals surface area contributed by atoms with E-state index < -0.39 is 0 Å². The van der Waals surface area contributed by atoms with Gasteiger partial charge in [0.05, 0.1) is 7.11 Å². The average Bonchev–Trinajstić information content (AvgIpc) is 3.02. The van der Waals surface area contributed by atoms with Crippen molar-refractivity contribution in [3.8, 4) is 5.75 Å². The summed E-state index contributed by atoms with van der Waals surface area (Å²) in [6.07, 6.45) is 10.8. The number of nitrogens with one attached hydrogen (secondary N) is 1. The van der Waals surface area contributed by atoms with Crippen molar-refractivity contribution in [1.82, 2.24) is 5.32 Å². The van der Waals surface area contributed by atoms with Crippen LogP contribution in [0.4, 0.5) is 0 Å². The fourth-order valence-electron chi connectivity index (χ4n) is 4.24. The van der Waals surface area contributed by atoms with E-state index in [9.17, 15) is 0 Å². The first-order chi connectivity index (χ1) is 10.3. The van der Waals surface area contributed by atoms with E-state index in [4.69, 9.17) is 4.74 Å². The third-order valence-corrected chi connectivity index (χ3v) is 5.81. The van der Waals surface area contributed by atoms with E-state index in [2.05, 4.69) is 30.4 Å². The van der Waals surface area contributed by atoms with Gasteiger partial charge >= 0.3 is 0 Å². The summed E-state index contributed by atoms with van der Waals surface area (Å²) in [5.74, 6) is 0.994. The van der Waals surface area contributed by atoms with E-state index in [-0.39, 0.29) is 0 Å². The van der Waals surface area contributed by atoms with Gasteiger partial charge in [-0.25, -0.2) is 0 Å². The van der Waals surface area contributed by atoms with Gasteiger partial charge < -0.3 is 10.1 Å². The molecule has 2 nitrogen and oxygen atoms in total. The third kappa shape index (κ3) is 3.11. The van der Waals surface area contributed by atoms with E-state index in [1.165, 1.54) is 69.0 Å². The number of fused-ring (bicyclic) bond motifs is 1. The molecule has 0 heterocycles. The largest absolute Gasteiger partial charge is 0.497 e. The van der Waals surface area contributed by atoms with Crippen LogP contribution in [0.5, 0.6) is 5.75 Å². The Morgan fingerprint density at radius 3 is 2.76 bits per heavy atom. The number of aryl methyl sites for hydroxylation is 1. The number of methoxy groups -OCH3 is 1. The SMILES string of the molecule is CCC1(CNC2CCCc3ccc(OC)cc32)CCCC1. The van der Waals surface area contributed by atoms with Crippen molar-refractivity contribution in [1.29, 1.82) is 0 Å². The fourth-order valence-corrected chi connectivity index (χ4v) is 4.24. The van der Waals surface area contributed by atoms with E-state index in [0.29, 0.717) is 11.5 Å². The summed E-state index contributed by atoms with van der Waals surface area (Å²) in [4.78, 5) is 0. The highest BCUT2D eigenvalue weighted by Gasteiger charge is 2.33. The number of rotatable bonds is 5. The predicted molar refractivity (Wildman–Crippen MR) is 87.9 cm³/mol. The van der Waals surface area contributed by atoms with Crippen molar-refractivity contribution in [3.63, 3.8) is 0 Å². The quantitative estimate of drug-likeness (QED) is 0.852. The Hall–Kier alpha value is -1.02. The van der Waals surface area contributed by atoms with Crippen LogP contribution in [0.25, 0.3) is 0 Å². The Balaban J connectivity index is 1.72. The lowest BCUT2D eigenvalue weighted by molar-refractivity contribution is 0.250. The molecule has 2 aliphatic rings. The van der Waals surface area contributed by atoms with E-state index >= 15 is 0 Å². The van der Waals surface area contributed by atoms with Crippen molar-refractivity contribution >= 4 is 0 Å². The molecule has 1 aromatic carbocycles. The molecule has 1 saturated carbocycles. The molecule has 3 rings (SSSR count). The maximum atomic E-state index is 5.42. The maximum Gasteiger partial charge on any atom is 0.119 e. The van der Waals surface area contributed by atoms with Crippen LogP contribution >= 0.6 is 0 Å². The average molecular weight is 287 g/mol. The zero-order valence-electron chi connectivity index (χ0n) is 13.6. The van der Waals surface area contributed by atoms with Gasteiger partial charge in [0.2, 0.25) is 0 Å². The minimum Gasteiger partial charge on any atom is -0.497 e. The molecule has 0 amide bonds. The summed E-state index contributed by atoms with van der Waals surface area (Å²) in [5, 5.41) is 3.91. The second kappa shape index (κ2) is 6.39. The van der Waals surface area contributed by atoms with Crippen molar-refractivity contribution in [2.24, 2.45) is 5.41 Å². The van der Waals surface area contributed by atoms with Crippen LogP contribution in [-0.4, -0.2) is 13.7 Å². The summed E-state index contributed by atoms with van der Waals surface area (Å²) < 4.78 is 5.42. The monoisotopic (exact) mass is 287 g/mol. The summed E-state index contributed by atoms with van der Waals surface area (Å²) in [7, 11) is 1.76. The Kier molecular flexibility index (Phi) is 4.54. The van der Waals surface area contributed by atoms with E-state index in [1.54, 1.807) is 7.11 Å². The van der Waals surface area contributed by atoms with Crippen LogP contribution in [0.3, 0.4) is 0 Å². The topological polar surface area (TPSA) is 21.3 Å². The maximum absolute atomic E-state index is 5.42. The molecule has 1 fully saturated rings. The minimum atomic E-state index is 0.521. The van der Waals surface area contributed by atoms with Crippen LogP contribution in [0, 0.1) is 5.41 Å². The minimum absolute atomic E-state index is 0.521. The first kappa shape index (κ1) is 14.9.